The largest absolute Gasteiger partial charge is 0.369 e. The molecule has 1 aromatic carbocycles. The number of hydrogen-bond donors (Lipinski definition) is 1. The van der Waals surface area contributed by atoms with E-state index in [9.17, 15) is 0 Å². The number of hydrogen-bond acceptors (Lipinski definition) is 2. The highest BCUT2D eigenvalue weighted by atomic mass is 15.2. The van der Waals surface area contributed by atoms with Gasteiger partial charge < -0.3 is 10.3 Å². The Hall–Kier alpha value is -1.51. The second-order valence-corrected chi connectivity index (χ2v) is 4.73. The molecule has 0 aliphatic heterocycles. The van der Waals surface area contributed by atoms with E-state index in [1.54, 1.807) is 0 Å². The maximum Gasteiger partial charge on any atom is 0.201 e. The first-order chi connectivity index (χ1) is 7.77. The summed E-state index contributed by atoms with van der Waals surface area (Å²) < 4.78 is 2.26. The number of benzene rings is 1. The maximum absolute atomic E-state index is 6.08. The molecule has 16 heavy (non-hydrogen) atoms. The molecule has 3 nitrogen and oxygen atoms in total. The predicted octanol–water partition coefficient (Wildman–Crippen LogP) is 2.91. The number of nitrogen functional groups attached to an aromatic ring is 1. The van der Waals surface area contributed by atoms with E-state index < -0.39 is 0 Å². The number of nitrogens with two attached hydrogens (primary N) is 1. The summed E-state index contributed by atoms with van der Waals surface area (Å²) in [6, 6.07) is 8.22. The van der Waals surface area contributed by atoms with Crippen molar-refractivity contribution in [3.63, 3.8) is 0 Å². The minimum atomic E-state index is 0.236. The van der Waals surface area contributed by atoms with Crippen molar-refractivity contribution in [2.45, 2.75) is 38.1 Å². The molecular formula is C13H17N3. The second-order valence-electron chi connectivity index (χ2n) is 4.73. The molecule has 1 heterocycles. The molecule has 2 aromatic rings. The van der Waals surface area contributed by atoms with Crippen LogP contribution in [0.4, 0.5) is 5.95 Å². The summed E-state index contributed by atoms with van der Waals surface area (Å²) in [6.07, 6.45) is 4.90. The number of aromatic nitrogens is 2. The molecule has 2 N–H and O–H groups in total. The summed E-state index contributed by atoms with van der Waals surface area (Å²) in [5, 5.41) is 0. The molecule has 0 spiro atoms. The summed E-state index contributed by atoms with van der Waals surface area (Å²) >= 11 is 0. The Morgan fingerprint density at radius 3 is 2.75 bits per heavy atom. The smallest absolute Gasteiger partial charge is 0.201 e. The highest BCUT2D eigenvalue weighted by Crippen LogP contribution is 2.45. The summed E-state index contributed by atoms with van der Waals surface area (Å²) in [5.74, 6) is 0.669. The van der Waals surface area contributed by atoms with Crippen molar-refractivity contribution < 1.29 is 0 Å². The Morgan fingerprint density at radius 1 is 1.38 bits per heavy atom. The van der Waals surface area contributed by atoms with Crippen LogP contribution in [0.1, 0.15) is 32.6 Å². The molecule has 0 bridgehead atoms. The number of fused-ring (bicyclic) bond motifs is 1. The van der Waals surface area contributed by atoms with Crippen molar-refractivity contribution in [1.29, 1.82) is 0 Å². The van der Waals surface area contributed by atoms with Crippen LogP contribution in [0, 0.1) is 0 Å². The summed E-state index contributed by atoms with van der Waals surface area (Å²) in [5.41, 5.74) is 8.51. The average molecular weight is 215 g/mol. The molecule has 84 valence electrons. The van der Waals surface area contributed by atoms with Gasteiger partial charge in [-0.1, -0.05) is 19.1 Å². The van der Waals surface area contributed by atoms with Crippen molar-refractivity contribution >= 4 is 17.0 Å². The molecule has 1 aliphatic carbocycles. The van der Waals surface area contributed by atoms with Gasteiger partial charge in [0.2, 0.25) is 5.95 Å². The SMILES string of the molecule is CCC1(n2c(N)nc3ccccc32)CCC1. The second kappa shape index (κ2) is 3.24. The third-order valence-corrected chi connectivity index (χ3v) is 4.00. The predicted molar refractivity (Wildman–Crippen MR) is 66.3 cm³/mol. The van der Waals surface area contributed by atoms with Gasteiger partial charge in [0.1, 0.15) is 0 Å². The van der Waals surface area contributed by atoms with Crippen LogP contribution in [0.5, 0.6) is 0 Å². The molecule has 0 amide bonds. The zero-order valence-electron chi connectivity index (χ0n) is 9.61. The third kappa shape index (κ3) is 1.11. The summed E-state index contributed by atoms with van der Waals surface area (Å²) in [4.78, 5) is 4.45. The molecule has 3 rings (SSSR count). The lowest BCUT2D eigenvalue weighted by molar-refractivity contribution is 0.144. The van der Waals surface area contributed by atoms with Crippen molar-refractivity contribution in [2.75, 3.05) is 5.73 Å². The zero-order valence-corrected chi connectivity index (χ0v) is 9.61. The number of imidazole rings is 1. The molecular weight excluding hydrogens is 198 g/mol. The minimum Gasteiger partial charge on any atom is -0.369 e. The first-order valence-electron chi connectivity index (χ1n) is 6.00. The van der Waals surface area contributed by atoms with E-state index in [0.29, 0.717) is 5.95 Å². The van der Waals surface area contributed by atoms with Gasteiger partial charge in [-0.3, -0.25) is 0 Å². The van der Waals surface area contributed by atoms with Crippen molar-refractivity contribution in [1.82, 2.24) is 9.55 Å². The fourth-order valence-electron chi connectivity index (χ4n) is 2.86. The Kier molecular flexibility index (Phi) is 1.96. The lowest BCUT2D eigenvalue weighted by Crippen LogP contribution is -2.40. The normalized spacial score (nSPS) is 18.6. The topological polar surface area (TPSA) is 43.8 Å². The molecule has 1 fully saturated rings. The van der Waals surface area contributed by atoms with Crippen LogP contribution >= 0.6 is 0 Å². The number of anilines is 1. The van der Waals surface area contributed by atoms with E-state index >= 15 is 0 Å². The summed E-state index contributed by atoms with van der Waals surface area (Å²) in [6.45, 7) is 2.24. The minimum absolute atomic E-state index is 0.236. The third-order valence-electron chi connectivity index (χ3n) is 4.00. The Morgan fingerprint density at radius 2 is 2.12 bits per heavy atom. The van der Waals surface area contributed by atoms with Crippen LogP contribution in [0.25, 0.3) is 11.0 Å². The highest BCUT2D eigenvalue weighted by molar-refractivity contribution is 5.78. The van der Waals surface area contributed by atoms with E-state index in [0.717, 1.165) is 11.9 Å². The van der Waals surface area contributed by atoms with Gasteiger partial charge in [0.05, 0.1) is 11.0 Å². The lowest BCUT2D eigenvalue weighted by Gasteiger charge is -2.43. The molecule has 1 aromatic heterocycles. The van der Waals surface area contributed by atoms with E-state index in [1.807, 2.05) is 12.1 Å². The zero-order chi connectivity index (χ0) is 11.2. The van der Waals surface area contributed by atoms with Crippen LogP contribution < -0.4 is 5.73 Å². The number of rotatable bonds is 2. The summed E-state index contributed by atoms with van der Waals surface area (Å²) in [7, 11) is 0. The van der Waals surface area contributed by atoms with Crippen molar-refractivity contribution in [3.8, 4) is 0 Å². The molecule has 0 radical (unpaired) electrons. The van der Waals surface area contributed by atoms with E-state index in [-0.39, 0.29) is 5.54 Å². The fourth-order valence-corrected chi connectivity index (χ4v) is 2.86. The van der Waals surface area contributed by atoms with Crippen LogP contribution in [0.3, 0.4) is 0 Å². The Labute approximate surface area is 95.3 Å². The maximum atomic E-state index is 6.08. The Bertz CT molecular complexity index is 517. The van der Waals surface area contributed by atoms with Crippen molar-refractivity contribution in [2.24, 2.45) is 0 Å². The highest BCUT2D eigenvalue weighted by Gasteiger charge is 2.39. The fraction of sp³-hybridized carbons (Fsp3) is 0.462. The molecule has 3 heteroatoms. The van der Waals surface area contributed by atoms with Gasteiger partial charge in [-0.15, -0.1) is 0 Å². The van der Waals surface area contributed by atoms with Gasteiger partial charge in [0, 0.05) is 5.54 Å². The monoisotopic (exact) mass is 215 g/mol. The van der Waals surface area contributed by atoms with Gasteiger partial charge in [-0.2, -0.15) is 0 Å². The number of nitrogens with zero attached hydrogens (tertiary/aromatic N) is 2. The van der Waals surface area contributed by atoms with Gasteiger partial charge in [0.25, 0.3) is 0 Å². The van der Waals surface area contributed by atoms with Crippen LogP contribution in [-0.2, 0) is 5.54 Å². The van der Waals surface area contributed by atoms with Gasteiger partial charge in [-0.25, -0.2) is 4.98 Å². The van der Waals surface area contributed by atoms with E-state index in [2.05, 4.69) is 28.6 Å². The first kappa shape index (κ1) is 9.70. The van der Waals surface area contributed by atoms with Crippen LogP contribution in [0.2, 0.25) is 0 Å². The van der Waals surface area contributed by atoms with E-state index in [4.69, 9.17) is 5.73 Å². The quantitative estimate of drug-likeness (QED) is 0.837. The lowest BCUT2D eigenvalue weighted by atomic mass is 9.74. The van der Waals surface area contributed by atoms with Crippen LogP contribution in [-0.4, -0.2) is 9.55 Å². The Balaban J connectivity index is 2.26. The van der Waals surface area contributed by atoms with Gasteiger partial charge >= 0.3 is 0 Å². The van der Waals surface area contributed by atoms with Gasteiger partial charge in [-0.05, 0) is 37.8 Å². The van der Waals surface area contributed by atoms with Crippen LogP contribution in [0.15, 0.2) is 24.3 Å². The standard InChI is InChI=1S/C13H17N3/c1-2-13(8-5-9-13)16-11-7-4-3-6-10(11)15-12(16)14/h3-4,6-7H,2,5,8-9H2,1H3,(H2,14,15). The molecule has 0 unspecified atom stereocenters. The molecule has 1 aliphatic rings. The van der Waals surface area contributed by atoms with Gasteiger partial charge in [0.15, 0.2) is 0 Å². The first-order valence-corrected chi connectivity index (χ1v) is 6.00. The average Bonchev–Trinajstić information content (AvgIpc) is 2.56. The van der Waals surface area contributed by atoms with Crippen molar-refractivity contribution in [3.05, 3.63) is 24.3 Å². The molecule has 1 saturated carbocycles. The molecule has 0 atom stereocenters. The molecule has 0 saturated heterocycles. The van der Waals surface area contributed by atoms with E-state index in [1.165, 1.54) is 24.8 Å². The number of para-hydroxylation sites is 2.